The lowest BCUT2D eigenvalue weighted by Gasteiger charge is -2.33. The van der Waals surface area contributed by atoms with Gasteiger partial charge in [0, 0.05) is 44.9 Å². The zero-order chi connectivity index (χ0) is 77.3. The van der Waals surface area contributed by atoms with Crippen molar-refractivity contribution in [1.29, 1.82) is 0 Å². The summed E-state index contributed by atoms with van der Waals surface area (Å²) in [6.45, 7) is 11.4. The van der Waals surface area contributed by atoms with Crippen LogP contribution in [-0.4, -0.2) is 207 Å². The molecule has 0 aromatic heterocycles. The molecule has 1 aliphatic heterocycles. The van der Waals surface area contributed by atoms with E-state index < -0.39 is 182 Å². The molecule has 1 fully saturated rings. The number of rotatable bonds is 45. The molecule has 0 saturated carbocycles. The minimum atomic E-state index is -1.74. The van der Waals surface area contributed by atoms with Crippen molar-refractivity contribution in [3.05, 3.63) is 102 Å². The molecule has 4 rings (SSSR count). The number of hydrogen-bond donors (Lipinski definition) is 18. The summed E-state index contributed by atoms with van der Waals surface area (Å²) in [5.41, 5.74) is 24.3. The fourth-order valence-corrected chi connectivity index (χ4v) is 11.5. The van der Waals surface area contributed by atoms with E-state index in [9.17, 15) is 82.8 Å². The third-order valence-electron chi connectivity index (χ3n) is 17.6. The standard InChI is InChI=1S/C71H106N16O17/c1-8-41(6)54(84-67(100)55-22-16-32-87(55)69(102)59(40(4)5)85-61(94)47(72)34-43-17-11-9-12-18-43)37-77-51(35-44-19-13-10-14-20-44)65(98)86-60(42(7)88)68(101)83-53(36-45-23-25-46(89)26-24-45)62(95)78-38-57(91)79-48(28-30-58(92)93)63(96)82-52(33-39(2)3)66(99)80-49(27-29-56(73)90)64(97)81-50(70(103)104)21-15-31-76-71(74)75/h9-14,17-20,23-26,39-42,47-55,59-60,77,88-89H,8,15-16,21-22,27-38,72H2,1-7H3,(H2,73,90)(H,78,95)(H,79,91)(H,80,99)(H,81,97)(H,82,96)(H,83,101)(H,84,100)(H,85,94)(H,86,98)(H,92,93)(H,103,104)(H4,74,75,76)/t41-,42+,47-,48-,49-,50-,51-,52-,53-,54+,55-,59-,60-/m0/s1. The first-order valence-corrected chi connectivity index (χ1v) is 35.0. The normalized spacial score (nSPS) is 16.1. The second kappa shape index (κ2) is 43.6. The van der Waals surface area contributed by atoms with Gasteiger partial charge in [-0.05, 0) is 111 Å². The Balaban J connectivity index is 1.53. The molecule has 0 unspecified atom stereocenters. The molecule has 572 valence electrons. The largest absolute Gasteiger partial charge is 0.508 e. The Morgan fingerprint density at radius 3 is 1.66 bits per heavy atom. The van der Waals surface area contributed by atoms with E-state index in [0.717, 1.165) is 5.56 Å². The number of aliphatic imine (C=N–C) groups is 1. The maximum absolute atomic E-state index is 14.7. The van der Waals surface area contributed by atoms with Gasteiger partial charge in [-0.25, -0.2) is 4.79 Å². The molecule has 13 atom stereocenters. The number of phenols is 1. The van der Waals surface area contributed by atoms with Crippen molar-refractivity contribution in [1.82, 2.24) is 58.1 Å². The van der Waals surface area contributed by atoms with Crippen LogP contribution in [0.3, 0.4) is 0 Å². The average Bonchev–Trinajstić information content (AvgIpc) is 1.59. The number of guanidine groups is 1. The zero-order valence-electron chi connectivity index (χ0n) is 60.1. The first-order valence-electron chi connectivity index (χ1n) is 35.0. The maximum Gasteiger partial charge on any atom is 0.326 e. The summed E-state index contributed by atoms with van der Waals surface area (Å²) in [6, 6.07) is 9.43. The number of nitrogens with zero attached hydrogens (tertiary/aromatic N) is 2. The van der Waals surface area contributed by atoms with Gasteiger partial charge in [-0.3, -0.25) is 62.5 Å². The van der Waals surface area contributed by atoms with Gasteiger partial charge in [-0.1, -0.05) is 121 Å². The minimum absolute atomic E-state index is 0.00106. The lowest BCUT2D eigenvalue weighted by atomic mass is 9.97. The molecule has 0 aliphatic carbocycles. The van der Waals surface area contributed by atoms with Gasteiger partial charge < -0.3 is 101 Å². The zero-order valence-corrected chi connectivity index (χ0v) is 60.1. The second-order valence-corrected chi connectivity index (χ2v) is 26.9. The number of phenolic OH excluding ortho intramolecular Hbond substituents is 1. The highest BCUT2D eigenvalue weighted by atomic mass is 16.4. The lowest BCUT2D eigenvalue weighted by Crippen LogP contribution is -2.61. The maximum atomic E-state index is 14.7. The predicted octanol–water partition coefficient (Wildman–Crippen LogP) is -1.91. The Hall–Kier alpha value is -10.3. The number of carboxylic acids is 2. The molecule has 1 heterocycles. The highest BCUT2D eigenvalue weighted by Gasteiger charge is 2.41. The highest BCUT2D eigenvalue weighted by Crippen LogP contribution is 2.23. The van der Waals surface area contributed by atoms with E-state index in [4.69, 9.17) is 22.9 Å². The number of nitrogens with one attached hydrogen (secondary N) is 10. The summed E-state index contributed by atoms with van der Waals surface area (Å²) in [5.74, 6) is -13.4. The third kappa shape index (κ3) is 30.0. The number of aliphatic carboxylic acids is 2. The summed E-state index contributed by atoms with van der Waals surface area (Å²) in [4.78, 5) is 182. The van der Waals surface area contributed by atoms with Crippen molar-refractivity contribution in [2.24, 2.45) is 45.7 Å². The quantitative estimate of drug-likeness (QED) is 0.0167. The van der Waals surface area contributed by atoms with Crippen LogP contribution < -0.4 is 76.1 Å². The Morgan fingerprint density at radius 1 is 0.577 bits per heavy atom. The van der Waals surface area contributed by atoms with Crippen LogP contribution in [0.15, 0.2) is 89.9 Å². The van der Waals surface area contributed by atoms with Crippen LogP contribution in [0.1, 0.15) is 129 Å². The van der Waals surface area contributed by atoms with Crippen LogP contribution >= 0.6 is 0 Å². The topological polar surface area (TPSA) is 543 Å². The number of nitrogens with two attached hydrogens (primary N) is 4. The molecule has 1 saturated heterocycles. The molecule has 33 heteroatoms. The van der Waals surface area contributed by atoms with Crippen LogP contribution in [0, 0.1) is 17.8 Å². The van der Waals surface area contributed by atoms with Crippen molar-refractivity contribution in [2.45, 2.75) is 205 Å². The Bertz CT molecular complexity index is 3400. The number of carboxylic acid groups (broad SMARTS) is 2. The van der Waals surface area contributed by atoms with Crippen LogP contribution in [0.2, 0.25) is 0 Å². The molecule has 22 N–H and O–H groups in total. The number of likely N-dealkylation sites (tertiary alicyclic amines) is 1. The van der Waals surface area contributed by atoms with Gasteiger partial charge in [0.25, 0.3) is 0 Å². The molecule has 0 radical (unpaired) electrons. The summed E-state index contributed by atoms with van der Waals surface area (Å²) in [7, 11) is 0. The van der Waals surface area contributed by atoms with E-state index in [1.165, 1.54) is 36.1 Å². The number of benzene rings is 3. The second-order valence-electron chi connectivity index (χ2n) is 26.9. The van der Waals surface area contributed by atoms with Crippen LogP contribution in [0.25, 0.3) is 0 Å². The van der Waals surface area contributed by atoms with Crippen molar-refractivity contribution in [3.63, 3.8) is 0 Å². The Kier molecular flexibility index (Phi) is 36.1. The van der Waals surface area contributed by atoms with Gasteiger partial charge in [-0.2, -0.15) is 0 Å². The van der Waals surface area contributed by atoms with Crippen molar-refractivity contribution >= 4 is 82.9 Å². The van der Waals surface area contributed by atoms with Crippen LogP contribution in [0.4, 0.5) is 0 Å². The molecule has 11 amide bonds. The monoisotopic (exact) mass is 1450 g/mol. The van der Waals surface area contributed by atoms with Crippen molar-refractivity contribution in [2.75, 3.05) is 26.2 Å². The predicted molar refractivity (Wildman–Crippen MR) is 383 cm³/mol. The number of aliphatic hydroxyl groups excluding tert-OH is 1. The molecular weight excluding hydrogens is 1350 g/mol. The fourth-order valence-electron chi connectivity index (χ4n) is 11.5. The van der Waals surface area contributed by atoms with E-state index >= 15 is 0 Å². The number of primary amides is 1. The van der Waals surface area contributed by atoms with E-state index in [-0.39, 0.29) is 87.6 Å². The van der Waals surface area contributed by atoms with E-state index in [1.54, 1.807) is 58.0 Å². The summed E-state index contributed by atoms with van der Waals surface area (Å²) < 4.78 is 0. The molecule has 3 aromatic carbocycles. The van der Waals surface area contributed by atoms with E-state index in [1.807, 2.05) is 44.2 Å². The van der Waals surface area contributed by atoms with Crippen molar-refractivity contribution < 1.29 is 82.8 Å². The molecule has 1 aliphatic rings. The molecule has 3 aromatic rings. The Labute approximate surface area is 605 Å². The van der Waals surface area contributed by atoms with Gasteiger partial charge in [0.2, 0.25) is 65.0 Å². The number of aromatic hydroxyl groups is 1. The summed E-state index contributed by atoms with van der Waals surface area (Å²) in [6.07, 6.45) is -2.44. The van der Waals surface area contributed by atoms with E-state index in [2.05, 4.69) is 58.2 Å². The van der Waals surface area contributed by atoms with Gasteiger partial charge in [0.05, 0.1) is 24.7 Å². The Morgan fingerprint density at radius 2 is 1.11 bits per heavy atom. The van der Waals surface area contributed by atoms with Gasteiger partial charge in [-0.15, -0.1) is 0 Å². The van der Waals surface area contributed by atoms with Gasteiger partial charge in [0.1, 0.15) is 54.1 Å². The van der Waals surface area contributed by atoms with Crippen molar-refractivity contribution in [3.8, 4) is 5.75 Å². The van der Waals surface area contributed by atoms with Crippen LogP contribution in [-0.2, 0) is 81.6 Å². The van der Waals surface area contributed by atoms with E-state index in [0.29, 0.717) is 30.4 Å². The summed E-state index contributed by atoms with van der Waals surface area (Å²) in [5, 5.41) is 67.2. The van der Waals surface area contributed by atoms with Gasteiger partial charge in [0.15, 0.2) is 5.96 Å². The smallest absolute Gasteiger partial charge is 0.326 e. The molecular formula is C71H106N16O17. The number of amides is 11. The lowest BCUT2D eigenvalue weighted by molar-refractivity contribution is -0.143. The number of carbonyl (C=O) groups is 13. The highest BCUT2D eigenvalue weighted by molar-refractivity contribution is 5.98. The van der Waals surface area contributed by atoms with Crippen LogP contribution in [0.5, 0.6) is 5.75 Å². The molecule has 104 heavy (non-hydrogen) atoms. The first-order chi connectivity index (χ1) is 49.2. The third-order valence-corrected chi connectivity index (χ3v) is 17.6. The average molecular weight is 1460 g/mol. The fraction of sp³-hybridized carbons (Fsp3) is 0.549. The summed E-state index contributed by atoms with van der Waals surface area (Å²) >= 11 is 0. The SMILES string of the molecule is CC[C@H](C)[C@@H](CN[C@@H](Cc1ccccc1)C(=O)N[C@H](C(=O)N[C@@H](Cc1ccc(O)cc1)C(=O)NCC(=O)N[C@@H](CCC(=O)O)C(=O)N[C@@H](CC(C)C)C(=O)N[C@@H](CCC(N)=O)C(=O)N[C@@H](CCCN=C(N)N)C(=O)O)[C@@H](C)O)NC(=O)[C@@H]1CCCN1C(=O)[C@@H](NC(=O)[C@@H](N)Cc1ccccc1)C(C)C. The number of hydrogen-bond acceptors (Lipinski definition) is 18. The van der Waals surface area contributed by atoms with Gasteiger partial charge >= 0.3 is 11.9 Å². The molecule has 0 bridgehead atoms. The molecule has 0 spiro atoms. The molecule has 33 nitrogen and oxygen atoms in total. The number of aliphatic hydroxyl groups is 1. The number of carbonyl (C=O) groups excluding carboxylic acids is 11. The minimum Gasteiger partial charge on any atom is -0.508 e. The first kappa shape index (κ1) is 86.1.